The summed E-state index contributed by atoms with van der Waals surface area (Å²) in [7, 11) is 0. The van der Waals surface area contributed by atoms with Crippen LogP contribution in [0.5, 0.6) is 0 Å². The molecule has 1 fully saturated rings. The van der Waals surface area contributed by atoms with Crippen LogP contribution in [0.3, 0.4) is 0 Å². The molecule has 2 aliphatic heterocycles. The van der Waals surface area contributed by atoms with E-state index in [1.807, 2.05) is 47.4 Å². The highest BCUT2D eigenvalue weighted by molar-refractivity contribution is 5.83. The fourth-order valence-corrected chi connectivity index (χ4v) is 4.27. The van der Waals surface area contributed by atoms with E-state index in [9.17, 15) is 9.90 Å². The Morgan fingerprint density at radius 1 is 1.12 bits per heavy atom. The molecule has 0 spiro atoms. The normalized spacial score (nSPS) is 23.5. The van der Waals surface area contributed by atoms with Gasteiger partial charge >= 0.3 is 0 Å². The number of nitrogens with zero attached hydrogens (tertiary/aromatic N) is 1. The summed E-state index contributed by atoms with van der Waals surface area (Å²) >= 11 is 0. The predicted octanol–water partition coefficient (Wildman–Crippen LogP) is 2.82. The number of hydrogen-bond acceptors (Lipinski definition) is 3. The van der Waals surface area contributed by atoms with Crippen molar-refractivity contribution in [2.45, 2.75) is 50.4 Å². The molecule has 2 N–H and O–H groups in total. The quantitative estimate of drug-likeness (QED) is 0.892. The van der Waals surface area contributed by atoms with Crippen LogP contribution in [0.25, 0.3) is 0 Å². The average Bonchev–Trinajstić information content (AvgIpc) is 3.15. The Labute approximate surface area is 154 Å². The van der Waals surface area contributed by atoms with Crippen molar-refractivity contribution in [1.29, 1.82) is 0 Å². The van der Waals surface area contributed by atoms with Crippen molar-refractivity contribution >= 4 is 5.91 Å². The van der Waals surface area contributed by atoms with Crippen LogP contribution in [0, 0.1) is 0 Å². The van der Waals surface area contributed by atoms with Gasteiger partial charge in [0.15, 0.2) is 0 Å². The number of amides is 1. The molecule has 4 rings (SSSR count). The molecule has 4 nitrogen and oxygen atoms in total. The summed E-state index contributed by atoms with van der Waals surface area (Å²) in [4.78, 5) is 15.1. The number of rotatable bonds is 4. The fraction of sp³-hybridized carbons (Fsp3) is 0.409. The van der Waals surface area contributed by atoms with E-state index < -0.39 is 6.10 Å². The van der Waals surface area contributed by atoms with E-state index in [1.165, 1.54) is 11.1 Å². The minimum Gasteiger partial charge on any atom is -0.388 e. The first-order valence-electron chi connectivity index (χ1n) is 9.56. The van der Waals surface area contributed by atoms with Crippen molar-refractivity contribution in [1.82, 2.24) is 10.2 Å². The second kappa shape index (κ2) is 7.60. The highest BCUT2D eigenvalue weighted by Gasteiger charge is 2.35. The summed E-state index contributed by atoms with van der Waals surface area (Å²) in [6, 6.07) is 18.0. The molecule has 1 amide bonds. The van der Waals surface area contributed by atoms with Crippen LogP contribution >= 0.6 is 0 Å². The van der Waals surface area contributed by atoms with E-state index in [0.29, 0.717) is 6.42 Å². The summed E-state index contributed by atoms with van der Waals surface area (Å²) in [6.45, 7) is 1.54. The van der Waals surface area contributed by atoms with E-state index >= 15 is 0 Å². The first-order valence-corrected chi connectivity index (χ1v) is 9.56. The van der Waals surface area contributed by atoms with Gasteiger partial charge in [-0.15, -0.1) is 0 Å². The number of carbonyl (C=O) groups excluding carboxylic acids is 1. The maximum Gasteiger partial charge on any atom is 0.240 e. The molecule has 2 aliphatic rings. The third-order valence-corrected chi connectivity index (χ3v) is 5.72. The highest BCUT2D eigenvalue weighted by atomic mass is 16.3. The van der Waals surface area contributed by atoms with Crippen LogP contribution in [-0.2, 0) is 17.8 Å². The molecule has 26 heavy (non-hydrogen) atoms. The molecule has 0 aromatic heterocycles. The largest absolute Gasteiger partial charge is 0.388 e. The molecular weight excluding hydrogens is 324 g/mol. The van der Waals surface area contributed by atoms with Gasteiger partial charge in [0, 0.05) is 19.1 Å². The van der Waals surface area contributed by atoms with Gasteiger partial charge in [0.2, 0.25) is 5.91 Å². The number of nitrogens with one attached hydrogen (secondary N) is 1. The molecule has 3 atom stereocenters. The maximum absolute atomic E-state index is 13.1. The van der Waals surface area contributed by atoms with Gasteiger partial charge in [-0.1, -0.05) is 54.6 Å². The maximum atomic E-state index is 13.1. The number of fused-ring (bicyclic) bond motifs is 1. The number of hydrogen-bond donors (Lipinski definition) is 2. The zero-order valence-corrected chi connectivity index (χ0v) is 15.0. The van der Waals surface area contributed by atoms with Gasteiger partial charge < -0.3 is 15.3 Å². The molecule has 0 unspecified atom stereocenters. The van der Waals surface area contributed by atoms with Crippen molar-refractivity contribution in [3.63, 3.8) is 0 Å². The van der Waals surface area contributed by atoms with E-state index in [-0.39, 0.29) is 18.0 Å². The fourth-order valence-electron chi connectivity index (χ4n) is 4.27. The van der Waals surface area contributed by atoms with Gasteiger partial charge in [-0.25, -0.2) is 0 Å². The number of benzene rings is 2. The lowest BCUT2D eigenvalue weighted by atomic mass is 9.94. The van der Waals surface area contributed by atoms with Gasteiger partial charge in [0.25, 0.3) is 0 Å². The SMILES string of the molecule is O=C([C@@H]1Cc2ccccc2CN1)N1CCC[C@H]1C[C@H](O)c1ccccc1. The Balaban J connectivity index is 1.42. The minimum atomic E-state index is -0.519. The molecule has 2 aromatic carbocycles. The molecule has 136 valence electrons. The third-order valence-electron chi connectivity index (χ3n) is 5.72. The summed E-state index contributed by atoms with van der Waals surface area (Å²) < 4.78 is 0. The third kappa shape index (κ3) is 3.53. The molecule has 2 aromatic rings. The van der Waals surface area contributed by atoms with Gasteiger partial charge in [-0.3, -0.25) is 4.79 Å². The first-order chi connectivity index (χ1) is 12.7. The summed E-state index contributed by atoms with van der Waals surface area (Å²) in [6.07, 6.45) is 2.83. The van der Waals surface area contributed by atoms with Crippen molar-refractivity contribution in [3.8, 4) is 0 Å². The Bertz CT molecular complexity index is 762. The summed E-state index contributed by atoms with van der Waals surface area (Å²) in [5, 5.41) is 14.0. The van der Waals surface area contributed by atoms with Crippen molar-refractivity contribution < 1.29 is 9.90 Å². The number of aliphatic hydroxyl groups excluding tert-OH is 1. The lowest BCUT2D eigenvalue weighted by Gasteiger charge is -2.33. The number of likely N-dealkylation sites (tertiary alicyclic amines) is 1. The molecule has 0 radical (unpaired) electrons. The van der Waals surface area contributed by atoms with E-state index in [2.05, 4.69) is 17.4 Å². The monoisotopic (exact) mass is 350 g/mol. The van der Waals surface area contributed by atoms with E-state index in [4.69, 9.17) is 0 Å². The Morgan fingerprint density at radius 3 is 2.65 bits per heavy atom. The summed E-state index contributed by atoms with van der Waals surface area (Å²) in [5.41, 5.74) is 3.48. The smallest absolute Gasteiger partial charge is 0.240 e. The molecule has 0 saturated carbocycles. The molecule has 2 heterocycles. The Kier molecular flexibility index (Phi) is 5.05. The zero-order valence-electron chi connectivity index (χ0n) is 15.0. The summed E-state index contributed by atoms with van der Waals surface area (Å²) in [5.74, 6) is 0.183. The topological polar surface area (TPSA) is 52.6 Å². The van der Waals surface area contributed by atoms with Crippen LogP contribution in [0.4, 0.5) is 0 Å². The first kappa shape index (κ1) is 17.3. The van der Waals surface area contributed by atoms with Gasteiger partial charge in [-0.2, -0.15) is 0 Å². The van der Waals surface area contributed by atoms with Crippen LogP contribution < -0.4 is 5.32 Å². The van der Waals surface area contributed by atoms with Crippen LogP contribution in [0.2, 0.25) is 0 Å². The molecule has 1 saturated heterocycles. The van der Waals surface area contributed by atoms with Crippen LogP contribution in [0.15, 0.2) is 54.6 Å². The lowest BCUT2D eigenvalue weighted by Crippen LogP contribution is -2.51. The van der Waals surface area contributed by atoms with Crippen molar-refractivity contribution in [2.75, 3.05) is 6.54 Å². The predicted molar refractivity (Wildman–Crippen MR) is 102 cm³/mol. The van der Waals surface area contributed by atoms with E-state index in [0.717, 1.165) is 37.9 Å². The lowest BCUT2D eigenvalue weighted by molar-refractivity contribution is -0.135. The second-order valence-electron chi connectivity index (χ2n) is 7.40. The average molecular weight is 350 g/mol. The second-order valence-corrected chi connectivity index (χ2v) is 7.40. The van der Waals surface area contributed by atoms with Crippen molar-refractivity contribution in [3.05, 3.63) is 71.3 Å². The van der Waals surface area contributed by atoms with Gasteiger partial charge in [-0.05, 0) is 42.4 Å². The molecule has 0 aliphatic carbocycles. The molecule has 4 heteroatoms. The zero-order chi connectivity index (χ0) is 17.9. The number of carbonyl (C=O) groups is 1. The Morgan fingerprint density at radius 2 is 1.85 bits per heavy atom. The standard InChI is InChI=1S/C22H26N2O2/c25-21(16-7-2-1-3-8-16)14-19-11-6-12-24(19)22(26)20-13-17-9-4-5-10-18(17)15-23-20/h1-5,7-10,19-21,23,25H,6,11-15H2/t19-,20-,21-/m0/s1. The number of aliphatic hydroxyl groups is 1. The van der Waals surface area contributed by atoms with Gasteiger partial charge in [0.1, 0.15) is 0 Å². The van der Waals surface area contributed by atoms with E-state index in [1.54, 1.807) is 0 Å². The minimum absolute atomic E-state index is 0.122. The van der Waals surface area contributed by atoms with Crippen LogP contribution in [-0.4, -0.2) is 34.5 Å². The Hall–Kier alpha value is -2.17. The van der Waals surface area contributed by atoms with Crippen molar-refractivity contribution in [2.24, 2.45) is 0 Å². The molecular formula is C22H26N2O2. The van der Waals surface area contributed by atoms with Crippen LogP contribution in [0.1, 0.15) is 42.1 Å². The highest BCUT2D eigenvalue weighted by Crippen LogP contribution is 2.29. The van der Waals surface area contributed by atoms with Gasteiger partial charge in [0.05, 0.1) is 12.1 Å². The molecule has 0 bridgehead atoms.